The van der Waals surface area contributed by atoms with Gasteiger partial charge >= 0.3 is 0 Å². The van der Waals surface area contributed by atoms with Gasteiger partial charge in [-0.1, -0.05) is 17.7 Å². The zero-order chi connectivity index (χ0) is 15.8. The molecule has 0 fully saturated rings. The number of aromatic amines is 1. The van der Waals surface area contributed by atoms with Crippen LogP contribution in [0.25, 0.3) is 16.5 Å². The van der Waals surface area contributed by atoms with Crippen LogP contribution in [0.15, 0.2) is 53.3 Å². The second-order valence-electron chi connectivity index (χ2n) is 5.60. The minimum absolute atomic E-state index is 0.0627. The first kappa shape index (κ1) is 14.2. The molecule has 0 bridgehead atoms. The Bertz CT molecular complexity index is 893. The third kappa shape index (κ3) is 2.55. The minimum atomic E-state index is -0.0627. The molecule has 4 rings (SSSR count). The van der Waals surface area contributed by atoms with Gasteiger partial charge < -0.3 is 14.3 Å². The molecule has 3 heterocycles. The van der Waals surface area contributed by atoms with Crippen LogP contribution in [0.4, 0.5) is 0 Å². The number of fused-ring (bicyclic) bond motifs is 1. The van der Waals surface area contributed by atoms with Crippen LogP contribution in [-0.4, -0.2) is 28.9 Å². The second kappa shape index (κ2) is 5.63. The van der Waals surface area contributed by atoms with Crippen LogP contribution < -0.4 is 0 Å². The molecule has 1 N–H and O–H groups in total. The van der Waals surface area contributed by atoms with Gasteiger partial charge in [0, 0.05) is 40.8 Å². The van der Waals surface area contributed by atoms with E-state index >= 15 is 0 Å². The first-order valence-electron chi connectivity index (χ1n) is 7.51. The maximum atomic E-state index is 12.3. The van der Waals surface area contributed by atoms with Crippen LogP contribution in [0.3, 0.4) is 0 Å². The Morgan fingerprint density at radius 2 is 2.22 bits per heavy atom. The van der Waals surface area contributed by atoms with Crippen LogP contribution in [-0.2, 0) is 0 Å². The molecule has 23 heavy (non-hydrogen) atoms. The van der Waals surface area contributed by atoms with Crippen molar-refractivity contribution in [3.05, 3.63) is 65.2 Å². The van der Waals surface area contributed by atoms with Crippen molar-refractivity contribution >= 4 is 34.0 Å². The fourth-order valence-electron chi connectivity index (χ4n) is 3.01. The van der Waals surface area contributed by atoms with Gasteiger partial charge in [-0.15, -0.1) is 0 Å². The molecule has 0 radical (unpaired) electrons. The van der Waals surface area contributed by atoms with Crippen molar-refractivity contribution in [2.45, 2.75) is 6.42 Å². The number of aromatic nitrogens is 1. The van der Waals surface area contributed by atoms with Gasteiger partial charge in [-0.05, 0) is 42.3 Å². The van der Waals surface area contributed by atoms with Gasteiger partial charge in [-0.2, -0.15) is 0 Å². The predicted molar refractivity (Wildman–Crippen MR) is 90.5 cm³/mol. The fraction of sp³-hybridized carbons (Fsp3) is 0.167. The Hall–Kier alpha value is -2.46. The molecule has 4 nitrogen and oxygen atoms in total. The molecule has 0 saturated heterocycles. The molecule has 1 aliphatic rings. The van der Waals surface area contributed by atoms with Crippen molar-refractivity contribution in [3.63, 3.8) is 0 Å². The maximum absolute atomic E-state index is 12.3. The molecular formula is C18H15ClN2O2. The number of rotatable bonds is 2. The highest BCUT2D eigenvalue weighted by atomic mass is 35.5. The Morgan fingerprint density at radius 1 is 1.30 bits per heavy atom. The summed E-state index contributed by atoms with van der Waals surface area (Å²) in [5, 5.41) is 1.85. The van der Waals surface area contributed by atoms with Gasteiger partial charge in [-0.25, -0.2) is 0 Å². The van der Waals surface area contributed by atoms with Gasteiger partial charge in [0.15, 0.2) is 5.76 Å². The number of hydrogen-bond donors (Lipinski definition) is 1. The summed E-state index contributed by atoms with van der Waals surface area (Å²) in [6.45, 7) is 1.26. The number of benzene rings is 1. The van der Waals surface area contributed by atoms with Crippen LogP contribution in [0.5, 0.6) is 0 Å². The quantitative estimate of drug-likeness (QED) is 0.761. The Labute approximate surface area is 138 Å². The van der Waals surface area contributed by atoms with Gasteiger partial charge in [0.05, 0.1) is 6.26 Å². The molecule has 1 aliphatic heterocycles. The average Bonchev–Trinajstić information content (AvgIpc) is 3.24. The lowest BCUT2D eigenvalue weighted by Gasteiger charge is -2.25. The molecule has 3 aromatic rings. The number of amides is 1. The number of nitrogens with one attached hydrogen (secondary N) is 1. The third-order valence-corrected chi connectivity index (χ3v) is 4.45. The van der Waals surface area contributed by atoms with Crippen molar-refractivity contribution in [2.75, 3.05) is 13.1 Å². The molecule has 1 aromatic carbocycles. The molecule has 0 aliphatic carbocycles. The average molecular weight is 327 g/mol. The fourth-order valence-corrected chi connectivity index (χ4v) is 3.18. The molecule has 0 spiro atoms. The van der Waals surface area contributed by atoms with E-state index < -0.39 is 0 Å². The molecule has 0 unspecified atom stereocenters. The van der Waals surface area contributed by atoms with Crippen LogP contribution in [0.2, 0.25) is 5.02 Å². The van der Waals surface area contributed by atoms with Crippen LogP contribution in [0, 0.1) is 0 Å². The van der Waals surface area contributed by atoms with E-state index in [0.29, 0.717) is 18.8 Å². The summed E-state index contributed by atoms with van der Waals surface area (Å²) < 4.78 is 5.19. The Kier molecular flexibility index (Phi) is 3.46. The van der Waals surface area contributed by atoms with E-state index in [4.69, 9.17) is 16.0 Å². The van der Waals surface area contributed by atoms with Gasteiger partial charge in [0.25, 0.3) is 5.91 Å². The maximum Gasteiger partial charge on any atom is 0.289 e. The lowest BCUT2D eigenvalue weighted by Crippen LogP contribution is -2.34. The Balaban J connectivity index is 1.59. The summed E-state index contributed by atoms with van der Waals surface area (Å²) in [5.74, 6) is 0.327. The first-order chi connectivity index (χ1) is 11.2. The molecule has 0 atom stereocenters. The summed E-state index contributed by atoms with van der Waals surface area (Å²) in [4.78, 5) is 17.4. The molecule has 2 aromatic heterocycles. The van der Waals surface area contributed by atoms with E-state index in [-0.39, 0.29) is 5.91 Å². The SMILES string of the molecule is O=C(c1ccco1)N1CC=C(c2c[nH]c3ccc(Cl)cc23)CC1. The summed E-state index contributed by atoms with van der Waals surface area (Å²) in [6.07, 6.45) is 6.45. The highest BCUT2D eigenvalue weighted by Crippen LogP contribution is 2.31. The largest absolute Gasteiger partial charge is 0.459 e. The van der Waals surface area contributed by atoms with Crippen molar-refractivity contribution in [2.24, 2.45) is 0 Å². The molecular weight excluding hydrogens is 312 g/mol. The number of carbonyl (C=O) groups excluding carboxylic acids is 1. The summed E-state index contributed by atoms with van der Waals surface area (Å²) in [5.41, 5.74) is 3.47. The monoisotopic (exact) mass is 326 g/mol. The summed E-state index contributed by atoms with van der Waals surface area (Å²) in [7, 11) is 0. The smallest absolute Gasteiger partial charge is 0.289 e. The molecule has 5 heteroatoms. The number of carbonyl (C=O) groups is 1. The molecule has 0 saturated carbocycles. The Morgan fingerprint density at radius 3 is 2.96 bits per heavy atom. The van der Waals surface area contributed by atoms with E-state index in [9.17, 15) is 4.79 Å². The van der Waals surface area contributed by atoms with E-state index in [2.05, 4.69) is 11.1 Å². The standard InChI is InChI=1S/C18H15ClN2O2/c19-13-3-4-16-14(10-13)15(11-20-16)12-5-7-21(8-6-12)18(22)17-2-1-9-23-17/h1-5,9-11,20H,6-8H2. The highest BCUT2D eigenvalue weighted by molar-refractivity contribution is 6.31. The first-order valence-corrected chi connectivity index (χ1v) is 7.89. The zero-order valence-corrected chi connectivity index (χ0v) is 13.1. The van der Waals surface area contributed by atoms with Crippen LogP contribution >= 0.6 is 11.6 Å². The van der Waals surface area contributed by atoms with E-state index in [1.165, 1.54) is 11.8 Å². The van der Waals surface area contributed by atoms with Crippen molar-refractivity contribution in [3.8, 4) is 0 Å². The lowest BCUT2D eigenvalue weighted by atomic mass is 9.99. The van der Waals surface area contributed by atoms with E-state index in [1.807, 2.05) is 24.4 Å². The van der Waals surface area contributed by atoms with E-state index in [0.717, 1.165) is 27.9 Å². The third-order valence-electron chi connectivity index (χ3n) is 4.22. The molecule has 1 amide bonds. The zero-order valence-electron chi connectivity index (χ0n) is 12.4. The predicted octanol–water partition coefficient (Wildman–Crippen LogP) is 4.34. The highest BCUT2D eigenvalue weighted by Gasteiger charge is 2.22. The van der Waals surface area contributed by atoms with Crippen molar-refractivity contribution in [1.82, 2.24) is 9.88 Å². The number of nitrogens with zero attached hydrogens (tertiary/aromatic N) is 1. The topological polar surface area (TPSA) is 49.2 Å². The minimum Gasteiger partial charge on any atom is -0.459 e. The number of H-pyrrole nitrogens is 1. The van der Waals surface area contributed by atoms with Gasteiger partial charge in [0.1, 0.15) is 0 Å². The van der Waals surface area contributed by atoms with Crippen LogP contribution in [0.1, 0.15) is 22.5 Å². The van der Waals surface area contributed by atoms with Crippen molar-refractivity contribution in [1.29, 1.82) is 0 Å². The summed E-state index contributed by atoms with van der Waals surface area (Å²) in [6, 6.07) is 9.27. The van der Waals surface area contributed by atoms with Gasteiger partial charge in [-0.3, -0.25) is 4.79 Å². The molecule has 116 valence electrons. The summed E-state index contributed by atoms with van der Waals surface area (Å²) >= 11 is 6.11. The van der Waals surface area contributed by atoms with E-state index in [1.54, 1.807) is 17.0 Å². The number of furan rings is 1. The van der Waals surface area contributed by atoms with Gasteiger partial charge in [0.2, 0.25) is 0 Å². The number of hydrogen-bond acceptors (Lipinski definition) is 2. The lowest BCUT2D eigenvalue weighted by molar-refractivity contribution is 0.0741. The number of halogens is 1. The second-order valence-corrected chi connectivity index (χ2v) is 6.04. The normalized spacial score (nSPS) is 15.0. The van der Waals surface area contributed by atoms with Crippen molar-refractivity contribution < 1.29 is 9.21 Å².